The first-order valence-electron chi connectivity index (χ1n) is 5.16. The van der Waals surface area contributed by atoms with Gasteiger partial charge in [0, 0.05) is 0 Å². The predicted octanol–water partition coefficient (Wildman–Crippen LogP) is -0.339. The molecule has 0 saturated heterocycles. The van der Waals surface area contributed by atoms with Gasteiger partial charge in [-0.05, 0) is 12.8 Å². The lowest BCUT2D eigenvalue weighted by atomic mass is 9.96. The number of carbonyl (C=O) groups excluding carboxylic acids is 1. The van der Waals surface area contributed by atoms with E-state index >= 15 is 0 Å². The minimum Gasteiger partial charge on any atom is -0.468 e. The fourth-order valence-corrected chi connectivity index (χ4v) is 1.31. The number of nitrogens with one attached hydrogen (secondary N) is 1. The third kappa shape index (κ3) is 3.77. The standard InChI is InChI=1S/C10H21NO4/c1-4-8(9(14)15-3)11-10(5-2,6-12)7-13/h8,11-13H,4-7H2,1-3H3. The van der Waals surface area contributed by atoms with Gasteiger partial charge in [0.25, 0.3) is 0 Å². The molecule has 0 saturated carbocycles. The molecule has 0 spiro atoms. The van der Waals surface area contributed by atoms with Crippen LogP contribution in [0.5, 0.6) is 0 Å². The van der Waals surface area contributed by atoms with Crippen LogP contribution in [0.15, 0.2) is 0 Å². The third-order valence-corrected chi connectivity index (χ3v) is 2.66. The van der Waals surface area contributed by atoms with Crippen LogP contribution in [-0.4, -0.2) is 48.1 Å². The normalized spacial score (nSPS) is 13.7. The molecule has 5 heteroatoms. The Morgan fingerprint density at radius 3 is 2.20 bits per heavy atom. The van der Waals surface area contributed by atoms with Gasteiger partial charge in [-0.25, -0.2) is 0 Å². The van der Waals surface area contributed by atoms with E-state index < -0.39 is 11.6 Å². The maximum Gasteiger partial charge on any atom is 0.322 e. The third-order valence-electron chi connectivity index (χ3n) is 2.66. The van der Waals surface area contributed by atoms with Crippen molar-refractivity contribution in [2.45, 2.75) is 38.3 Å². The summed E-state index contributed by atoms with van der Waals surface area (Å²) in [4.78, 5) is 11.3. The molecule has 1 atom stereocenters. The number of rotatable bonds is 7. The number of aliphatic hydroxyl groups is 2. The SMILES string of the molecule is CCC(NC(CC)(CO)CO)C(=O)OC. The lowest BCUT2D eigenvalue weighted by Crippen LogP contribution is -2.57. The van der Waals surface area contributed by atoms with E-state index in [1.165, 1.54) is 7.11 Å². The lowest BCUT2D eigenvalue weighted by Gasteiger charge is -2.33. The van der Waals surface area contributed by atoms with E-state index in [1.807, 2.05) is 13.8 Å². The summed E-state index contributed by atoms with van der Waals surface area (Å²) >= 11 is 0. The molecule has 0 rings (SSSR count). The van der Waals surface area contributed by atoms with Crippen molar-refractivity contribution in [2.24, 2.45) is 0 Å². The molecule has 1 unspecified atom stereocenters. The summed E-state index contributed by atoms with van der Waals surface area (Å²) in [5.41, 5.74) is -0.811. The van der Waals surface area contributed by atoms with Gasteiger partial charge in [-0.3, -0.25) is 10.1 Å². The summed E-state index contributed by atoms with van der Waals surface area (Å²) in [5, 5.41) is 21.3. The highest BCUT2D eigenvalue weighted by Crippen LogP contribution is 2.11. The predicted molar refractivity (Wildman–Crippen MR) is 56.4 cm³/mol. The Balaban J connectivity index is 4.54. The molecule has 5 nitrogen and oxygen atoms in total. The van der Waals surface area contributed by atoms with Crippen LogP contribution >= 0.6 is 0 Å². The molecule has 0 aliphatic rings. The fourth-order valence-electron chi connectivity index (χ4n) is 1.31. The van der Waals surface area contributed by atoms with Crippen LogP contribution in [0.3, 0.4) is 0 Å². The molecule has 0 radical (unpaired) electrons. The maximum atomic E-state index is 11.3. The molecule has 0 aromatic carbocycles. The van der Waals surface area contributed by atoms with Crippen LogP contribution < -0.4 is 5.32 Å². The van der Waals surface area contributed by atoms with Gasteiger partial charge in [0.15, 0.2) is 0 Å². The number of esters is 1. The highest BCUT2D eigenvalue weighted by atomic mass is 16.5. The van der Waals surface area contributed by atoms with Gasteiger partial charge in [0.05, 0.1) is 25.9 Å². The molecule has 0 heterocycles. The highest BCUT2D eigenvalue weighted by Gasteiger charge is 2.31. The van der Waals surface area contributed by atoms with Crippen LogP contribution in [0.25, 0.3) is 0 Å². The van der Waals surface area contributed by atoms with E-state index in [0.29, 0.717) is 12.8 Å². The van der Waals surface area contributed by atoms with Crippen LogP contribution in [0.1, 0.15) is 26.7 Å². The van der Waals surface area contributed by atoms with Crippen molar-refractivity contribution in [1.82, 2.24) is 5.32 Å². The number of hydrogen-bond donors (Lipinski definition) is 3. The first-order chi connectivity index (χ1) is 7.09. The van der Waals surface area contributed by atoms with Crippen molar-refractivity contribution in [1.29, 1.82) is 0 Å². The lowest BCUT2D eigenvalue weighted by molar-refractivity contribution is -0.144. The minimum absolute atomic E-state index is 0.215. The second kappa shape index (κ2) is 6.76. The van der Waals surface area contributed by atoms with Crippen LogP contribution in [0.2, 0.25) is 0 Å². The van der Waals surface area contributed by atoms with Crippen molar-refractivity contribution in [2.75, 3.05) is 20.3 Å². The van der Waals surface area contributed by atoms with Crippen LogP contribution in [-0.2, 0) is 9.53 Å². The van der Waals surface area contributed by atoms with Gasteiger partial charge in [0.1, 0.15) is 6.04 Å². The van der Waals surface area contributed by atoms with Gasteiger partial charge >= 0.3 is 5.97 Å². The highest BCUT2D eigenvalue weighted by molar-refractivity contribution is 5.75. The van der Waals surface area contributed by atoms with E-state index in [0.717, 1.165) is 0 Å². The summed E-state index contributed by atoms with van der Waals surface area (Å²) in [7, 11) is 1.32. The van der Waals surface area contributed by atoms with Crippen molar-refractivity contribution < 1.29 is 19.7 Å². The molecule has 3 N–H and O–H groups in total. The van der Waals surface area contributed by atoms with E-state index in [-0.39, 0.29) is 19.2 Å². The number of ether oxygens (including phenoxy) is 1. The Morgan fingerprint density at radius 1 is 1.40 bits per heavy atom. The van der Waals surface area contributed by atoms with E-state index in [1.54, 1.807) is 0 Å². The Hall–Kier alpha value is -0.650. The second-order valence-corrected chi connectivity index (χ2v) is 3.58. The first kappa shape index (κ1) is 14.3. The van der Waals surface area contributed by atoms with Gasteiger partial charge in [-0.15, -0.1) is 0 Å². The van der Waals surface area contributed by atoms with Gasteiger partial charge in [-0.2, -0.15) is 0 Å². The van der Waals surface area contributed by atoms with Crippen LogP contribution in [0.4, 0.5) is 0 Å². The number of carbonyl (C=O) groups is 1. The molecule has 0 aromatic rings. The molecule has 0 aliphatic carbocycles. The average Bonchev–Trinajstić information content (AvgIpc) is 2.31. The molecular formula is C10H21NO4. The maximum absolute atomic E-state index is 11.3. The summed E-state index contributed by atoms with van der Waals surface area (Å²) in [6, 6.07) is -0.491. The van der Waals surface area contributed by atoms with Gasteiger partial charge in [-0.1, -0.05) is 13.8 Å². The Morgan fingerprint density at radius 2 is 1.93 bits per heavy atom. The molecule has 0 aromatic heterocycles. The van der Waals surface area contributed by atoms with E-state index in [2.05, 4.69) is 10.1 Å². The Labute approximate surface area is 90.4 Å². The van der Waals surface area contributed by atoms with Crippen molar-refractivity contribution in [3.63, 3.8) is 0 Å². The molecular weight excluding hydrogens is 198 g/mol. The monoisotopic (exact) mass is 219 g/mol. The van der Waals surface area contributed by atoms with Crippen LogP contribution in [0, 0.1) is 0 Å². The van der Waals surface area contributed by atoms with Gasteiger partial charge < -0.3 is 14.9 Å². The van der Waals surface area contributed by atoms with Crippen molar-refractivity contribution in [3.05, 3.63) is 0 Å². The molecule has 0 bridgehead atoms. The molecule has 15 heavy (non-hydrogen) atoms. The zero-order chi connectivity index (χ0) is 11.9. The zero-order valence-corrected chi connectivity index (χ0v) is 9.62. The summed E-state index contributed by atoms with van der Waals surface area (Å²) < 4.78 is 4.62. The summed E-state index contributed by atoms with van der Waals surface area (Å²) in [6.45, 7) is 3.24. The summed E-state index contributed by atoms with van der Waals surface area (Å²) in [5.74, 6) is -0.378. The van der Waals surface area contributed by atoms with Gasteiger partial charge in [0.2, 0.25) is 0 Å². The largest absolute Gasteiger partial charge is 0.468 e. The van der Waals surface area contributed by atoms with Crippen molar-refractivity contribution >= 4 is 5.97 Å². The smallest absolute Gasteiger partial charge is 0.322 e. The second-order valence-electron chi connectivity index (χ2n) is 3.58. The van der Waals surface area contributed by atoms with Crippen molar-refractivity contribution in [3.8, 4) is 0 Å². The average molecular weight is 219 g/mol. The quantitative estimate of drug-likeness (QED) is 0.511. The first-order valence-corrected chi connectivity index (χ1v) is 5.16. The number of aliphatic hydroxyl groups excluding tert-OH is 2. The topological polar surface area (TPSA) is 78.8 Å². The Kier molecular flexibility index (Phi) is 6.47. The van der Waals surface area contributed by atoms with E-state index in [4.69, 9.17) is 0 Å². The number of methoxy groups -OCH3 is 1. The molecule has 0 aliphatic heterocycles. The fraction of sp³-hybridized carbons (Fsp3) is 0.900. The molecule has 90 valence electrons. The zero-order valence-electron chi connectivity index (χ0n) is 9.62. The Bertz CT molecular complexity index is 184. The van der Waals surface area contributed by atoms with E-state index in [9.17, 15) is 15.0 Å². The summed E-state index contributed by atoms with van der Waals surface area (Å²) in [6.07, 6.45) is 1.09. The molecule has 0 fully saturated rings. The molecule has 0 amide bonds. The number of hydrogen-bond acceptors (Lipinski definition) is 5. The minimum atomic E-state index is -0.811.